The van der Waals surface area contributed by atoms with Crippen molar-refractivity contribution in [2.75, 3.05) is 0 Å². The van der Waals surface area contributed by atoms with Crippen molar-refractivity contribution in [1.29, 1.82) is 0 Å². The molecule has 1 aromatic carbocycles. The van der Waals surface area contributed by atoms with Gasteiger partial charge in [-0.3, -0.25) is 4.79 Å². The largest absolute Gasteiger partial charge is 0.489 e. The summed E-state index contributed by atoms with van der Waals surface area (Å²) < 4.78 is 21.8. The van der Waals surface area contributed by atoms with E-state index >= 15 is 0 Å². The molecule has 3 aromatic heterocycles. The fourth-order valence-corrected chi connectivity index (χ4v) is 3.12. The molecule has 0 spiro atoms. The van der Waals surface area contributed by atoms with E-state index in [0.717, 1.165) is 17.0 Å². The van der Waals surface area contributed by atoms with Crippen molar-refractivity contribution in [3.8, 4) is 5.75 Å². The molecular weight excluding hydrogens is 384 g/mol. The number of hydrogen-bond acceptors (Lipinski definition) is 6. The Labute approximate surface area is 173 Å². The smallest absolute Gasteiger partial charge is 0.254 e. The van der Waals surface area contributed by atoms with E-state index in [0.29, 0.717) is 42.5 Å². The van der Waals surface area contributed by atoms with E-state index in [4.69, 9.17) is 18.1 Å². The van der Waals surface area contributed by atoms with Gasteiger partial charge in [0.2, 0.25) is 0 Å². The number of furan rings is 2. The lowest BCUT2D eigenvalue weighted by Gasteiger charge is -2.21. The lowest BCUT2D eigenvalue weighted by Crippen LogP contribution is -2.29. The van der Waals surface area contributed by atoms with E-state index in [-0.39, 0.29) is 5.91 Å². The van der Waals surface area contributed by atoms with Gasteiger partial charge in [0.05, 0.1) is 36.9 Å². The van der Waals surface area contributed by atoms with Crippen molar-refractivity contribution in [1.82, 2.24) is 10.1 Å². The predicted molar refractivity (Wildman–Crippen MR) is 108 cm³/mol. The Hall–Kier alpha value is -3.74. The molecular formula is C23H22N2O5. The highest BCUT2D eigenvalue weighted by Gasteiger charge is 2.19. The molecule has 0 bridgehead atoms. The standard InChI is InChI=1S/C23H22N2O5/c1-16-22(17(2)30-24-16)15-29-19-9-7-18(8-10-19)23(26)25(13-20-5-3-11-27-20)14-21-6-4-12-28-21/h3-12H,13-15H2,1-2H3. The number of hydrogen-bond donors (Lipinski definition) is 0. The first-order valence-corrected chi connectivity index (χ1v) is 9.59. The summed E-state index contributed by atoms with van der Waals surface area (Å²) >= 11 is 0. The SMILES string of the molecule is Cc1noc(C)c1COc1ccc(C(=O)N(Cc2ccco2)Cc2ccco2)cc1. The summed E-state index contributed by atoms with van der Waals surface area (Å²) in [7, 11) is 0. The molecule has 7 heteroatoms. The van der Waals surface area contributed by atoms with Gasteiger partial charge in [0.25, 0.3) is 5.91 Å². The minimum atomic E-state index is -0.125. The molecule has 0 fully saturated rings. The Balaban J connectivity index is 1.45. The molecule has 0 aliphatic rings. The molecule has 154 valence electrons. The van der Waals surface area contributed by atoms with Crippen LogP contribution in [0.3, 0.4) is 0 Å². The third-order valence-corrected chi connectivity index (χ3v) is 4.81. The van der Waals surface area contributed by atoms with Gasteiger partial charge in [0, 0.05) is 5.56 Å². The van der Waals surface area contributed by atoms with Crippen molar-refractivity contribution in [3.05, 3.63) is 95.2 Å². The molecule has 7 nitrogen and oxygen atoms in total. The number of benzene rings is 1. The Bertz CT molecular complexity index is 1020. The number of carbonyl (C=O) groups is 1. The van der Waals surface area contributed by atoms with Gasteiger partial charge >= 0.3 is 0 Å². The molecule has 0 unspecified atom stereocenters. The van der Waals surface area contributed by atoms with Crippen molar-refractivity contribution in [2.24, 2.45) is 0 Å². The number of ether oxygens (including phenoxy) is 1. The number of amides is 1. The first-order valence-electron chi connectivity index (χ1n) is 9.59. The Morgan fingerprint density at radius 2 is 1.60 bits per heavy atom. The summed E-state index contributed by atoms with van der Waals surface area (Å²) in [5, 5.41) is 3.93. The van der Waals surface area contributed by atoms with Crippen molar-refractivity contribution >= 4 is 5.91 Å². The predicted octanol–water partition coefficient (Wildman–Crippen LogP) is 4.90. The maximum Gasteiger partial charge on any atom is 0.254 e. The van der Waals surface area contributed by atoms with E-state index in [9.17, 15) is 4.79 Å². The van der Waals surface area contributed by atoms with Crippen LogP contribution in [-0.2, 0) is 19.7 Å². The molecule has 0 aliphatic heterocycles. The third kappa shape index (κ3) is 4.46. The fourth-order valence-electron chi connectivity index (χ4n) is 3.12. The Morgan fingerprint density at radius 1 is 0.967 bits per heavy atom. The number of carbonyl (C=O) groups excluding carboxylic acids is 1. The van der Waals surface area contributed by atoms with E-state index in [1.165, 1.54) is 0 Å². The van der Waals surface area contributed by atoms with Crippen LogP contribution in [0.1, 0.15) is 38.9 Å². The number of rotatable bonds is 8. The van der Waals surface area contributed by atoms with E-state index in [2.05, 4.69) is 5.16 Å². The molecule has 1 amide bonds. The van der Waals surface area contributed by atoms with Crippen molar-refractivity contribution < 1.29 is 22.9 Å². The van der Waals surface area contributed by atoms with Crippen LogP contribution >= 0.6 is 0 Å². The summed E-state index contributed by atoms with van der Waals surface area (Å²) in [6, 6.07) is 14.4. The van der Waals surface area contributed by atoms with Crippen LogP contribution < -0.4 is 4.74 Å². The topological polar surface area (TPSA) is 81.9 Å². The van der Waals surface area contributed by atoms with Crippen molar-refractivity contribution in [2.45, 2.75) is 33.5 Å². The highest BCUT2D eigenvalue weighted by atomic mass is 16.5. The van der Waals surface area contributed by atoms with Crippen LogP contribution in [0.5, 0.6) is 5.75 Å². The first-order chi connectivity index (χ1) is 14.6. The maximum atomic E-state index is 13.1. The lowest BCUT2D eigenvalue weighted by atomic mass is 10.1. The lowest BCUT2D eigenvalue weighted by molar-refractivity contribution is 0.0705. The van der Waals surface area contributed by atoms with Gasteiger partial charge in [-0.25, -0.2) is 0 Å². The van der Waals surface area contributed by atoms with Gasteiger partial charge in [-0.2, -0.15) is 0 Å². The van der Waals surface area contributed by atoms with Crippen LogP contribution in [-0.4, -0.2) is 16.0 Å². The average molecular weight is 406 g/mol. The molecule has 0 N–H and O–H groups in total. The minimum absolute atomic E-state index is 0.125. The van der Waals surface area contributed by atoms with Crippen LogP contribution in [0.25, 0.3) is 0 Å². The van der Waals surface area contributed by atoms with E-state index in [1.807, 2.05) is 26.0 Å². The van der Waals surface area contributed by atoms with Gasteiger partial charge in [-0.05, 0) is 62.4 Å². The summed E-state index contributed by atoms with van der Waals surface area (Å²) in [6.45, 7) is 4.78. The second kappa shape index (κ2) is 8.73. The monoisotopic (exact) mass is 406 g/mol. The zero-order valence-electron chi connectivity index (χ0n) is 16.8. The van der Waals surface area contributed by atoms with Gasteiger partial charge in [0.15, 0.2) is 0 Å². The molecule has 4 rings (SSSR count). The minimum Gasteiger partial charge on any atom is -0.489 e. The first kappa shape index (κ1) is 19.6. The summed E-state index contributed by atoms with van der Waals surface area (Å²) in [4.78, 5) is 14.8. The quantitative estimate of drug-likeness (QED) is 0.414. The van der Waals surface area contributed by atoms with Crippen molar-refractivity contribution in [3.63, 3.8) is 0 Å². The van der Waals surface area contributed by atoms with Crippen LogP contribution in [0.15, 0.2) is 74.4 Å². The Kier molecular flexibility index (Phi) is 5.70. The third-order valence-electron chi connectivity index (χ3n) is 4.81. The molecule has 30 heavy (non-hydrogen) atoms. The second-order valence-corrected chi connectivity index (χ2v) is 6.94. The molecule has 0 aliphatic carbocycles. The Morgan fingerprint density at radius 3 is 2.10 bits per heavy atom. The van der Waals surface area contributed by atoms with Gasteiger partial charge < -0.3 is 23.0 Å². The van der Waals surface area contributed by atoms with Crippen LogP contribution in [0.2, 0.25) is 0 Å². The van der Waals surface area contributed by atoms with Crippen LogP contribution in [0, 0.1) is 13.8 Å². The summed E-state index contributed by atoms with van der Waals surface area (Å²) in [5.41, 5.74) is 2.29. The zero-order chi connectivity index (χ0) is 20.9. The van der Waals surface area contributed by atoms with Gasteiger partial charge in [0.1, 0.15) is 29.6 Å². The molecule has 0 atom stereocenters. The van der Waals surface area contributed by atoms with E-state index in [1.54, 1.807) is 53.8 Å². The molecule has 0 saturated carbocycles. The molecule has 3 heterocycles. The number of aromatic nitrogens is 1. The zero-order valence-corrected chi connectivity index (χ0v) is 16.8. The number of nitrogens with zero attached hydrogens (tertiary/aromatic N) is 2. The molecule has 0 saturated heterocycles. The highest BCUT2D eigenvalue weighted by Crippen LogP contribution is 2.20. The normalized spacial score (nSPS) is 10.9. The summed E-state index contributed by atoms with van der Waals surface area (Å²) in [5.74, 6) is 2.68. The van der Waals surface area contributed by atoms with Crippen LogP contribution in [0.4, 0.5) is 0 Å². The van der Waals surface area contributed by atoms with E-state index < -0.39 is 0 Å². The van der Waals surface area contributed by atoms with Gasteiger partial charge in [-0.15, -0.1) is 0 Å². The molecule has 0 radical (unpaired) electrons. The summed E-state index contributed by atoms with van der Waals surface area (Å²) in [6.07, 6.45) is 3.19. The highest BCUT2D eigenvalue weighted by molar-refractivity contribution is 5.94. The average Bonchev–Trinajstić information content (AvgIpc) is 3.51. The maximum absolute atomic E-state index is 13.1. The molecule has 4 aromatic rings. The van der Waals surface area contributed by atoms with Gasteiger partial charge in [-0.1, -0.05) is 5.16 Å². The fraction of sp³-hybridized carbons (Fsp3) is 0.217. The second-order valence-electron chi connectivity index (χ2n) is 6.94. The number of aryl methyl sites for hydroxylation is 2.